The van der Waals surface area contributed by atoms with Crippen LogP contribution in [-0.4, -0.2) is 48.3 Å². The Morgan fingerprint density at radius 3 is 2.74 bits per heavy atom. The van der Waals surface area contributed by atoms with E-state index in [4.69, 9.17) is 16.3 Å². The average Bonchev–Trinajstić information content (AvgIpc) is 2.90. The minimum Gasteiger partial charge on any atom is -0.384 e. The van der Waals surface area contributed by atoms with Gasteiger partial charge in [0.1, 0.15) is 0 Å². The van der Waals surface area contributed by atoms with Crippen molar-refractivity contribution in [3.05, 3.63) is 5.28 Å². The van der Waals surface area contributed by atoms with E-state index in [1.165, 1.54) is 12.8 Å². The molecule has 1 aliphatic rings. The maximum atomic E-state index is 5.95. The fourth-order valence-electron chi connectivity index (χ4n) is 2.09. The number of hydrogen-bond donors (Lipinski definition) is 1. The molecule has 0 amide bonds. The Hall–Kier alpha value is -1.14. The number of nitrogens with one attached hydrogen (secondary N) is 1. The van der Waals surface area contributed by atoms with Crippen LogP contribution in [0.4, 0.5) is 11.9 Å². The van der Waals surface area contributed by atoms with Crippen LogP contribution in [0.15, 0.2) is 0 Å². The summed E-state index contributed by atoms with van der Waals surface area (Å²) < 4.78 is 5.09. The summed E-state index contributed by atoms with van der Waals surface area (Å²) in [6.45, 7) is 5.51. The summed E-state index contributed by atoms with van der Waals surface area (Å²) in [7, 11) is 1.70. The molecule has 19 heavy (non-hydrogen) atoms. The molecule has 0 radical (unpaired) electrons. The molecule has 0 bridgehead atoms. The third kappa shape index (κ3) is 4.18. The third-order valence-corrected chi connectivity index (χ3v) is 3.21. The lowest BCUT2D eigenvalue weighted by molar-refractivity contribution is 0.164. The van der Waals surface area contributed by atoms with Gasteiger partial charge in [0.2, 0.25) is 17.2 Å². The number of hydrogen-bond acceptors (Lipinski definition) is 6. The standard InChI is InChI=1S/C12H20ClN5O/c1-9(8-19-2)7-14-11-15-10(13)16-12(17-11)18-5-3-4-6-18/h9H,3-8H2,1-2H3,(H,14,15,16,17). The van der Waals surface area contributed by atoms with Crippen molar-refractivity contribution >= 4 is 23.5 Å². The second kappa shape index (κ2) is 6.86. The maximum Gasteiger partial charge on any atom is 0.231 e. The highest BCUT2D eigenvalue weighted by atomic mass is 35.5. The molecule has 7 heteroatoms. The Morgan fingerprint density at radius 1 is 1.32 bits per heavy atom. The molecule has 1 fully saturated rings. The quantitative estimate of drug-likeness (QED) is 0.860. The fourth-order valence-corrected chi connectivity index (χ4v) is 2.24. The van der Waals surface area contributed by atoms with Crippen LogP contribution in [0.25, 0.3) is 0 Å². The lowest BCUT2D eigenvalue weighted by Crippen LogP contribution is -2.22. The first-order valence-corrected chi connectivity index (χ1v) is 6.96. The van der Waals surface area contributed by atoms with Crippen LogP contribution in [-0.2, 0) is 4.74 Å². The van der Waals surface area contributed by atoms with Crippen molar-refractivity contribution < 1.29 is 4.74 Å². The average molecular weight is 286 g/mol. The van der Waals surface area contributed by atoms with Crippen LogP contribution >= 0.6 is 11.6 Å². The lowest BCUT2D eigenvalue weighted by atomic mass is 10.2. The zero-order valence-corrected chi connectivity index (χ0v) is 12.2. The molecule has 1 aromatic heterocycles. The Morgan fingerprint density at radius 2 is 2.05 bits per heavy atom. The Labute approximate surface area is 118 Å². The number of rotatable bonds is 6. The van der Waals surface area contributed by atoms with Crippen LogP contribution in [0.3, 0.4) is 0 Å². The highest BCUT2D eigenvalue weighted by Crippen LogP contribution is 2.18. The lowest BCUT2D eigenvalue weighted by Gasteiger charge is -2.16. The molecule has 0 saturated carbocycles. The first-order chi connectivity index (χ1) is 9.19. The van der Waals surface area contributed by atoms with Crippen molar-refractivity contribution in [2.45, 2.75) is 19.8 Å². The molecule has 0 aliphatic carbocycles. The smallest absolute Gasteiger partial charge is 0.231 e. The van der Waals surface area contributed by atoms with Crippen LogP contribution in [0.1, 0.15) is 19.8 Å². The molecule has 2 rings (SSSR count). The van der Waals surface area contributed by atoms with Gasteiger partial charge < -0.3 is 15.0 Å². The number of nitrogens with zero attached hydrogens (tertiary/aromatic N) is 4. The normalized spacial score (nSPS) is 16.7. The van der Waals surface area contributed by atoms with Crippen molar-refractivity contribution in [1.82, 2.24) is 15.0 Å². The van der Waals surface area contributed by atoms with Gasteiger partial charge in [-0.25, -0.2) is 0 Å². The molecule has 1 saturated heterocycles. The predicted molar refractivity (Wildman–Crippen MR) is 75.8 cm³/mol. The summed E-state index contributed by atoms with van der Waals surface area (Å²) in [4.78, 5) is 14.8. The van der Waals surface area contributed by atoms with Crippen LogP contribution in [0, 0.1) is 5.92 Å². The van der Waals surface area contributed by atoms with E-state index in [9.17, 15) is 0 Å². The highest BCUT2D eigenvalue weighted by Gasteiger charge is 2.17. The van der Waals surface area contributed by atoms with Gasteiger partial charge in [-0.05, 0) is 30.4 Å². The van der Waals surface area contributed by atoms with E-state index in [0.717, 1.165) is 19.6 Å². The van der Waals surface area contributed by atoms with Gasteiger partial charge in [-0.15, -0.1) is 0 Å². The zero-order valence-electron chi connectivity index (χ0n) is 11.4. The van der Waals surface area contributed by atoms with Gasteiger partial charge in [0.25, 0.3) is 0 Å². The van der Waals surface area contributed by atoms with E-state index in [0.29, 0.717) is 24.4 Å². The summed E-state index contributed by atoms with van der Waals surface area (Å²) in [5, 5.41) is 3.42. The molecular formula is C12H20ClN5O. The minimum atomic E-state index is 0.235. The van der Waals surface area contributed by atoms with Gasteiger partial charge in [-0.1, -0.05) is 6.92 Å². The summed E-state index contributed by atoms with van der Waals surface area (Å²) in [6.07, 6.45) is 2.36. The van der Waals surface area contributed by atoms with Crippen LogP contribution in [0.2, 0.25) is 5.28 Å². The fraction of sp³-hybridized carbons (Fsp3) is 0.750. The molecule has 0 aromatic carbocycles. The molecule has 1 unspecified atom stereocenters. The van der Waals surface area contributed by atoms with Gasteiger partial charge >= 0.3 is 0 Å². The summed E-state index contributed by atoms with van der Waals surface area (Å²) in [5.74, 6) is 1.58. The topological polar surface area (TPSA) is 63.2 Å². The van der Waals surface area contributed by atoms with Crippen molar-refractivity contribution in [3.8, 4) is 0 Å². The van der Waals surface area contributed by atoms with E-state index in [1.807, 2.05) is 0 Å². The Kier molecular flexibility index (Phi) is 5.15. The number of ether oxygens (including phenoxy) is 1. The highest BCUT2D eigenvalue weighted by molar-refractivity contribution is 6.28. The third-order valence-electron chi connectivity index (χ3n) is 3.05. The molecule has 0 spiro atoms. The Balaban J connectivity index is 2.00. The number of methoxy groups -OCH3 is 1. The van der Waals surface area contributed by atoms with Gasteiger partial charge in [0.15, 0.2) is 0 Å². The Bertz CT molecular complexity index is 411. The largest absolute Gasteiger partial charge is 0.384 e. The molecule has 106 valence electrons. The van der Waals surface area contributed by atoms with E-state index in [-0.39, 0.29) is 5.28 Å². The first kappa shape index (κ1) is 14.3. The first-order valence-electron chi connectivity index (χ1n) is 6.58. The SMILES string of the molecule is COCC(C)CNc1nc(Cl)nc(N2CCCC2)n1. The van der Waals surface area contributed by atoms with Gasteiger partial charge in [-0.3, -0.25) is 0 Å². The van der Waals surface area contributed by atoms with Crippen LogP contribution in [0.5, 0.6) is 0 Å². The van der Waals surface area contributed by atoms with E-state index < -0.39 is 0 Å². The number of halogens is 1. The molecule has 1 aromatic rings. The van der Waals surface area contributed by atoms with E-state index in [2.05, 4.69) is 32.1 Å². The summed E-state index contributed by atoms with van der Waals surface area (Å²) in [6, 6.07) is 0. The zero-order chi connectivity index (χ0) is 13.7. The van der Waals surface area contributed by atoms with Crippen LogP contribution < -0.4 is 10.2 Å². The second-order valence-corrected chi connectivity index (χ2v) is 5.20. The number of aromatic nitrogens is 3. The second-order valence-electron chi connectivity index (χ2n) is 4.86. The van der Waals surface area contributed by atoms with Gasteiger partial charge in [0, 0.05) is 26.7 Å². The van der Waals surface area contributed by atoms with Gasteiger partial charge in [-0.2, -0.15) is 15.0 Å². The minimum absolute atomic E-state index is 0.235. The van der Waals surface area contributed by atoms with E-state index in [1.54, 1.807) is 7.11 Å². The molecular weight excluding hydrogens is 266 g/mol. The molecule has 6 nitrogen and oxygen atoms in total. The monoisotopic (exact) mass is 285 g/mol. The van der Waals surface area contributed by atoms with Crippen molar-refractivity contribution in [2.75, 3.05) is 43.6 Å². The maximum absolute atomic E-state index is 5.95. The van der Waals surface area contributed by atoms with Crippen molar-refractivity contribution in [1.29, 1.82) is 0 Å². The van der Waals surface area contributed by atoms with Crippen molar-refractivity contribution in [3.63, 3.8) is 0 Å². The van der Waals surface area contributed by atoms with E-state index >= 15 is 0 Å². The molecule has 1 N–H and O–H groups in total. The molecule has 1 aliphatic heterocycles. The molecule has 2 heterocycles. The number of anilines is 2. The van der Waals surface area contributed by atoms with Crippen molar-refractivity contribution in [2.24, 2.45) is 5.92 Å². The van der Waals surface area contributed by atoms with Gasteiger partial charge in [0.05, 0.1) is 6.61 Å². The molecule has 1 atom stereocenters. The predicted octanol–water partition coefficient (Wildman–Crippen LogP) is 1.82. The summed E-state index contributed by atoms with van der Waals surface area (Å²) >= 11 is 5.95. The summed E-state index contributed by atoms with van der Waals surface area (Å²) in [5.41, 5.74) is 0.